The molecule has 608 valence electrons. The van der Waals surface area contributed by atoms with Gasteiger partial charge in [0, 0.05) is 98.0 Å². The molecule has 11 aliphatic rings. The molecule has 3 amide bonds. The van der Waals surface area contributed by atoms with Crippen LogP contribution in [0.5, 0.6) is 17.2 Å². The molecule has 12 aromatic rings. The lowest BCUT2D eigenvalue weighted by molar-refractivity contribution is -0.122. The summed E-state index contributed by atoms with van der Waals surface area (Å²) in [5.41, 5.74) is 12.0. The molecule has 2 aliphatic carbocycles. The average Bonchev–Trinajstić information content (AvgIpc) is 1.59. The van der Waals surface area contributed by atoms with E-state index < -0.39 is 0 Å². The number of carbonyl (C=O) groups is 3. The van der Waals surface area contributed by atoms with Crippen molar-refractivity contribution >= 4 is 103 Å². The van der Waals surface area contributed by atoms with Gasteiger partial charge in [-0.2, -0.15) is 15.0 Å². The highest BCUT2D eigenvalue weighted by molar-refractivity contribution is 5.99. The molecule has 33 heteroatoms. The van der Waals surface area contributed by atoms with Crippen molar-refractivity contribution in [3.05, 3.63) is 210 Å². The number of hydrogen-bond acceptors (Lipinski definition) is 24. The second kappa shape index (κ2) is 28.6. The Morgan fingerprint density at radius 1 is 0.392 bits per heavy atom. The molecule has 9 aliphatic heterocycles. The van der Waals surface area contributed by atoms with E-state index in [0.717, 1.165) is 56.1 Å². The van der Waals surface area contributed by atoms with Crippen LogP contribution in [0, 0.1) is 0 Å². The summed E-state index contributed by atoms with van der Waals surface area (Å²) >= 11 is 0. The van der Waals surface area contributed by atoms with Gasteiger partial charge in [0.05, 0.1) is 19.6 Å². The number of aromatic nitrogens is 15. The minimum Gasteiger partial charge on any atom is -0.480 e. The second-order valence-electron chi connectivity index (χ2n) is 33.1. The van der Waals surface area contributed by atoms with Crippen LogP contribution in [0.25, 0.3) is 50.6 Å². The highest BCUT2D eigenvalue weighted by Crippen LogP contribution is 2.55. The SMILES string of the molecule is CN1CCc2cc(Nc3ncc4c(=O)n5n(c4n3)-c3ccc4c(n3)N(CCC=CC5)C(=O)CO4)ccc2C12CC2.CN1CCc2ccc(Nc3ncc4c(=O)n5n(c4n3)-c3ccc4c(n3)N(CCC=CC5)C(=O)CO4)cc2C12CC2.CN1Cc2cc(Nc3ncc4c(=O)n5n(c4n3)-c3ccc4c(n3)N(CCC=CC5)C(=O)CO4)ccc2C(C)(C)C1. The fraction of sp³-hybridized carbons (Fsp3) is 0.345. The fourth-order valence-electron chi connectivity index (χ4n) is 18.7. The molecular formula is C87H86N24O9. The molecule has 23 rings (SSSR count). The summed E-state index contributed by atoms with van der Waals surface area (Å²) in [5.74, 6) is 5.11. The highest BCUT2D eigenvalue weighted by Gasteiger charge is 2.52. The molecule has 2 fully saturated rings. The maximum atomic E-state index is 13.5. The van der Waals surface area contributed by atoms with Crippen LogP contribution in [0.2, 0.25) is 0 Å². The molecule has 2 spiro atoms. The molecular weight excluding hydrogens is 1530 g/mol. The van der Waals surface area contributed by atoms with Gasteiger partial charge < -0.3 is 35.1 Å². The molecule has 2 saturated carbocycles. The summed E-state index contributed by atoms with van der Waals surface area (Å²) in [6.45, 7) is 10.9. The number of likely N-dealkylation sites (N-methyl/N-ethyl adjacent to an activating group) is 3. The van der Waals surface area contributed by atoms with Gasteiger partial charge in [-0.05, 0) is 185 Å². The first kappa shape index (κ1) is 74.0. The van der Waals surface area contributed by atoms with Gasteiger partial charge in [0.25, 0.3) is 34.4 Å². The van der Waals surface area contributed by atoms with Gasteiger partial charge in [-0.25, -0.2) is 58.0 Å². The standard InChI is InChI=1S/2C29H28N8O3.C29H30N8O3/c1-34-14-9-18-15-19(5-6-21(18)29(34)10-11-29)31-28-30-16-20-25(33-28)37-23-8-7-22-26(32-23)35(24(38)17-40-22)12-3-2-4-13-36(37)27(20)39;1-34-14-9-18-5-6-19(15-21(18)29(34)10-11-29)31-28-30-16-20-25(33-28)37-23-8-7-22-26(32-23)35(24(38)17-40-22)12-3-2-4-13-36(37)27(20)39;1-29(2)17-34(3)15-18-13-19(7-8-21(18)29)31-28-30-14-20-25(33-28)37-23-10-9-22-26(32-23)35(24(38)16-40-22)11-5-4-6-12-36(37)27(20)39/h2*2,4-8,15-16H,3,9-14,17H2,1H3,(H,30,31,33);4,6-10,13-14H,5,11-12,15-17H2,1-3H3,(H,30,31,33). The summed E-state index contributed by atoms with van der Waals surface area (Å²) in [7, 11) is 6.57. The van der Waals surface area contributed by atoms with E-state index in [-0.39, 0.29) is 70.7 Å². The minimum absolute atomic E-state index is 0.0163. The molecule has 120 heavy (non-hydrogen) atoms. The van der Waals surface area contributed by atoms with Gasteiger partial charge in [-0.15, -0.1) is 0 Å². The van der Waals surface area contributed by atoms with Gasteiger partial charge in [0.15, 0.2) is 88.9 Å². The summed E-state index contributed by atoms with van der Waals surface area (Å²) in [4.78, 5) is 133. The smallest absolute Gasteiger partial charge is 0.278 e. The summed E-state index contributed by atoms with van der Waals surface area (Å²) < 4.78 is 26.8. The van der Waals surface area contributed by atoms with Crippen molar-refractivity contribution < 1.29 is 28.6 Å². The number of amides is 3. The second-order valence-corrected chi connectivity index (χ2v) is 33.1. The first-order valence-electron chi connectivity index (χ1n) is 40.9. The van der Waals surface area contributed by atoms with E-state index in [4.69, 9.17) is 44.1 Å². The molecule has 0 atom stereocenters. The largest absolute Gasteiger partial charge is 0.480 e. The fourth-order valence-corrected chi connectivity index (χ4v) is 18.7. The van der Waals surface area contributed by atoms with E-state index in [1.165, 1.54) is 59.1 Å². The maximum absolute atomic E-state index is 13.5. The minimum atomic E-state index is -0.215. The van der Waals surface area contributed by atoms with Gasteiger partial charge in [0.2, 0.25) is 17.8 Å². The average molecular weight is 1610 g/mol. The third kappa shape index (κ3) is 12.6. The lowest BCUT2D eigenvalue weighted by Gasteiger charge is -2.38. The lowest BCUT2D eigenvalue weighted by Crippen LogP contribution is -2.40. The van der Waals surface area contributed by atoms with E-state index in [0.29, 0.717) is 162 Å². The van der Waals surface area contributed by atoms with Crippen molar-refractivity contribution in [3.8, 4) is 34.7 Å². The lowest BCUT2D eigenvalue weighted by atomic mass is 9.78. The first-order valence-corrected chi connectivity index (χ1v) is 40.9. The van der Waals surface area contributed by atoms with Crippen LogP contribution in [0.4, 0.5) is 52.4 Å². The van der Waals surface area contributed by atoms with Crippen molar-refractivity contribution in [2.75, 3.05) is 111 Å². The number of nitrogens with zero attached hydrogens (tertiary/aromatic N) is 21. The zero-order chi connectivity index (χ0) is 81.6. The van der Waals surface area contributed by atoms with Gasteiger partial charge >= 0.3 is 0 Å². The molecule has 0 saturated heterocycles. The number of ether oxygens (including phenoxy) is 3. The Morgan fingerprint density at radius 3 is 1.20 bits per heavy atom. The third-order valence-electron chi connectivity index (χ3n) is 25.0. The normalized spacial score (nSPS) is 18.8. The van der Waals surface area contributed by atoms with E-state index in [2.05, 4.69) is 135 Å². The molecule has 3 aromatic carbocycles. The number of benzene rings is 3. The van der Waals surface area contributed by atoms with E-state index in [1.807, 2.05) is 36.5 Å². The number of rotatable bonds is 6. The predicted molar refractivity (Wildman–Crippen MR) is 451 cm³/mol. The number of fused-ring (bicyclic) bond motifs is 20. The number of allylic oxidation sites excluding steroid dienone is 3. The van der Waals surface area contributed by atoms with E-state index >= 15 is 0 Å². The van der Waals surface area contributed by atoms with Crippen LogP contribution in [0.3, 0.4) is 0 Å². The van der Waals surface area contributed by atoms with Crippen LogP contribution in [-0.4, -0.2) is 186 Å². The Kier molecular flexibility index (Phi) is 17.7. The van der Waals surface area contributed by atoms with Crippen LogP contribution >= 0.6 is 0 Å². The number of hydrogen-bond donors (Lipinski definition) is 3. The molecule has 33 nitrogen and oxygen atoms in total. The molecule has 6 bridgehead atoms. The van der Waals surface area contributed by atoms with Crippen LogP contribution in [-0.2, 0) is 69.9 Å². The predicted octanol–water partition coefficient (Wildman–Crippen LogP) is 8.90. The Labute approximate surface area is 686 Å². The summed E-state index contributed by atoms with van der Waals surface area (Å²) in [6.07, 6.45) is 25.1. The van der Waals surface area contributed by atoms with Crippen LogP contribution in [0.1, 0.15) is 92.2 Å². The Hall–Kier alpha value is -13.5. The topological polar surface area (TPSA) is 331 Å². The molecule has 0 unspecified atom stereocenters. The monoisotopic (exact) mass is 1610 g/mol. The quantitative estimate of drug-likeness (QED) is 0.131. The summed E-state index contributed by atoms with van der Waals surface area (Å²) in [5, 5.41) is 11.2. The van der Waals surface area contributed by atoms with Gasteiger partial charge in [-0.1, -0.05) is 68.5 Å². The number of pyridine rings is 3. The van der Waals surface area contributed by atoms with Crippen molar-refractivity contribution in [1.29, 1.82) is 0 Å². The number of carbonyl (C=O) groups excluding carboxylic acids is 3. The molecule has 9 aromatic heterocycles. The van der Waals surface area contributed by atoms with Crippen molar-refractivity contribution in [1.82, 2.24) is 87.6 Å². The zero-order valence-electron chi connectivity index (χ0n) is 67.0. The van der Waals surface area contributed by atoms with Crippen molar-refractivity contribution in [2.24, 2.45) is 0 Å². The molecule has 3 N–H and O–H groups in total. The first-order chi connectivity index (χ1) is 58.3. The van der Waals surface area contributed by atoms with Crippen LogP contribution in [0.15, 0.2) is 160 Å². The third-order valence-corrected chi connectivity index (χ3v) is 25.0. The Morgan fingerprint density at radius 2 is 0.775 bits per heavy atom. The van der Waals surface area contributed by atoms with Gasteiger partial charge in [0.1, 0.15) is 16.2 Å². The Balaban J connectivity index is 0.000000111. The highest BCUT2D eigenvalue weighted by atomic mass is 16.5. The van der Waals surface area contributed by atoms with E-state index in [1.54, 1.807) is 97.8 Å². The molecule has 18 heterocycles. The number of anilines is 9. The van der Waals surface area contributed by atoms with Crippen molar-refractivity contribution in [2.45, 2.75) is 114 Å². The Bertz CT molecular complexity index is 6620. The van der Waals surface area contributed by atoms with Gasteiger partial charge in [-0.3, -0.25) is 53.3 Å². The molecule has 0 radical (unpaired) electrons. The number of nitrogens with one attached hydrogen (secondary N) is 3. The van der Waals surface area contributed by atoms with Crippen LogP contribution < -0.4 is 61.5 Å². The maximum Gasteiger partial charge on any atom is 0.278 e. The van der Waals surface area contributed by atoms with Crippen molar-refractivity contribution in [3.63, 3.8) is 0 Å². The zero-order valence-corrected chi connectivity index (χ0v) is 67.0. The summed E-state index contributed by atoms with van der Waals surface area (Å²) in [6, 6.07) is 30.1. The van der Waals surface area contributed by atoms with E-state index in [9.17, 15) is 28.8 Å².